The third-order valence-corrected chi connectivity index (χ3v) is 3.80. The molecule has 0 unspecified atom stereocenters. The van der Waals surface area contributed by atoms with Gasteiger partial charge in [-0.15, -0.1) is 11.3 Å². The topological polar surface area (TPSA) is 20.2 Å². The molecule has 0 fully saturated rings. The van der Waals surface area contributed by atoms with Crippen LogP contribution in [0.3, 0.4) is 0 Å². The van der Waals surface area contributed by atoms with Gasteiger partial charge in [0.1, 0.15) is 5.82 Å². The van der Waals surface area contributed by atoms with Gasteiger partial charge in [0.15, 0.2) is 0 Å². The van der Waals surface area contributed by atoms with Crippen LogP contribution in [-0.2, 0) is 6.61 Å². The van der Waals surface area contributed by atoms with Crippen molar-refractivity contribution in [3.63, 3.8) is 0 Å². The third kappa shape index (κ3) is 1.39. The van der Waals surface area contributed by atoms with E-state index in [-0.39, 0.29) is 12.4 Å². The summed E-state index contributed by atoms with van der Waals surface area (Å²) >= 11 is 4.66. The molecule has 2 rings (SSSR count). The Labute approximate surface area is 86.9 Å². The average molecular weight is 261 g/mol. The van der Waals surface area contributed by atoms with Crippen molar-refractivity contribution in [1.29, 1.82) is 0 Å². The number of thiophene rings is 1. The lowest BCUT2D eigenvalue weighted by atomic mass is 10.1. The molecule has 1 N–H and O–H groups in total. The van der Waals surface area contributed by atoms with E-state index in [1.807, 2.05) is 5.38 Å². The van der Waals surface area contributed by atoms with Gasteiger partial charge in [0, 0.05) is 15.2 Å². The molecular formula is C9H6BrFOS. The first-order valence-electron chi connectivity index (χ1n) is 3.69. The number of halogens is 2. The van der Waals surface area contributed by atoms with Crippen molar-refractivity contribution in [1.82, 2.24) is 0 Å². The normalized spacial score (nSPS) is 11.0. The fourth-order valence-electron chi connectivity index (χ4n) is 1.28. The van der Waals surface area contributed by atoms with E-state index >= 15 is 0 Å². The monoisotopic (exact) mass is 260 g/mol. The number of fused-ring (bicyclic) bond motifs is 1. The fourth-order valence-corrected chi connectivity index (χ4v) is 3.02. The molecule has 0 amide bonds. The maximum absolute atomic E-state index is 13.2. The van der Waals surface area contributed by atoms with Gasteiger partial charge < -0.3 is 5.11 Å². The molecule has 13 heavy (non-hydrogen) atoms. The smallest absolute Gasteiger partial charge is 0.141 e. The van der Waals surface area contributed by atoms with Crippen molar-refractivity contribution in [2.75, 3.05) is 0 Å². The Morgan fingerprint density at radius 2 is 2.23 bits per heavy atom. The van der Waals surface area contributed by atoms with Gasteiger partial charge in [-0.1, -0.05) is 6.07 Å². The van der Waals surface area contributed by atoms with Crippen LogP contribution >= 0.6 is 27.3 Å². The average Bonchev–Trinajstić information content (AvgIpc) is 2.51. The highest BCUT2D eigenvalue weighted by atomic mass is 79.9. The highest BCUT2D eigenvalue weighted by Crippen LogP contribution is 2.34. The van der Waals surface area contributed by atoms with E-state index < -0.39 is 0 Å². The highest BCUT2D eigenvalue weighted by Gasteiger charge is 2.10. The summed E-state index contributed by atoms with van der Waals surface area (Å²) in [5.41, 5.74) is 0.754. The predicted molar refractivity (Wildman–Crippen MR) is 55.4 cm³/mol. The van der Waals surface area contributed by atoms with E-state index in [1.165, 1.54) is 17.4 Å². The molecule has 1 heterocycles. The van der Waals surface area contributed by atoms with Gasteiger partial charge in [0.2, 0.25) is 0 Å². The standard InChI is InChI=1S/C9H6BrFOS/c10-6-4-13-9-7(11)2-1-5(3-12)8(6)9/h1-2,4,12H,3H2. The van der Waals surface area contributed by atoms with Crippen LogP contribution in [0.15, 0.2) is 22.0 Å². The zero-order valence-electron chi connectivity index (χ0n) is 6.55. The van der Waals surface area contributed by atoms with Crippen molar-refractivity contribution < 1.29 is 9.50 Å². The van der Waals surface area contributed by atoms with Crippen molar-refractivity contribution in [2.24, 2.45) is 0 Å². The summed E-state index contributed by atoms with van der Waals surface area (Å²) in [6, 6.07) is 2.99. The van der Waals surface area contributed by atoms with Gasteiger partial charge >= 0.3 is 0 Å². The Bertz CT molecular complexity index is 452. The maximum Gasteiger partial charge on any atom is 0.141 e. The van der Waals surface area contributed by atoms with Gasteiger partial charge in [-0.05, 0) is 27.6 Å². The van der Waals surface area contributed by atoms with Crippen LogP contribution in [0.25, 0.3) is 10.1 Å². The fraction of sp³-hybridized carbons (Fsp3) is 0.111. The van der Waals surface area contributed by atoms with E-state index in [1.54, 1.807) is 6.07 Å². The molecule has 2 aromatic rings. The molecule has 1 aromatic carbocycles. The molecule has 0 spiro atoms. The number of hydrogen-bond acceptors (Lipinski definition) is 2. The second-order valence-corrected chi connectivity index (χ2v) is 4.39. The molecule has 0 aliphatic heterocycles. The molecule has 0 bridgehead atoms. The van der Waals surface area contributed by atoms with E-state index in [0.717, 1.165) is 15.4 Å². The van der Waals surface area contributed by atoms with E-state index in [4.69, 9.17) is 5.11 Å². The van der Waals surface area contributed by atoms with E-state index in [2.05, 4.69) is 15.9 Å². The van der Waals surface area contributed by atoms with Crippen LogP contribution in [0.5, 0.6) is 0 Å². The Kier molecular flexibility index (Phi) is 2.36. The summed E-state index contributed by atoms with van der Waals surface area (Å²) in [7, 11) is 0. The Morgan fingerprint density at radius 3 is 2.92 bits per heavy atom. The summed E-state index contributed by atoms with van der Waals surface area (Å²) in [5.74, 6) is -0.233. The summed E-state index contributed by atoms with van der Waals surface area (Å²) in [4.78, 5) is 0. The van der Waals surface area contributed by atoms with E-state index in [0.29, 0.717) is 4.70 Å². The van der Waals surface area contributed by atoms with Crippen LogP contribution in [0.2, 0.25) is 0 Å². The lowest BCUT2D eigenvalue weighted by Gasteiger charge is -2.00. The van der Waals surface area contributed by atoms with Crippen molar-refractivity contribution >= 4 is 37.4 Å². The molecule has 0 radical (unpaired) electrons. The highest BCUT2D eigenvalue weighted by molar-refractivity contribution is 9.10. The summed E-state index contributed by atoms with van der Waals surface area (Å²) < 4.78 is 14.7. The van der Waals surface area contributed by atoms with Crippen molar-refractivity contribution in [3.8, 4) is 0 Å². The molecule has 0 saturated carbocycles. The van der Waals surface area contributed by atoms with Gasteiger partial charge in [0.25, 0.3) is 0 Å². The summed E-state index contributed by atoms with van der Waals surface area (Å²) in [6.45, 7) is -0.0634. The largest absolute Gasteiger partial charge is 0.392 e. The number of benzene rings is 1. The predicted octanol–water partition coefficient (Wildman–Crippen LogP) is 3.30. The summed E-state index contributed by atoms with van der Waals surface area (Å²) in [6.07, 6.45) is 0. The summed E-state index contributed by atoms with van der Waals surface area (Å²) in [5, 5.41) is 11.6. The van der Waals surface area contributed by atoms with Crippen LogP contribution in [0, 0.1) is 5.82 Å². The minimum absolute atomic E-state index is 0.0634. The zero-order chi connectivity index (χ0) is 9.42. The number of hydrogen-bond donors (Lipinski definition) is 1. The molecule has 0 atom stereocenters. The minimum atomic E-state index is -0.233. The lowest BCUT2D eigenvalue weighted by molar-refractivity contribution is 0.283. The van der Waals surface area contributed by atoms with Crippen LogP contribution < -0.4 is 0 Å². The van der Waals surface area contributed by atoms with Crippen LogP contribution in [-0.4, -0.2) is 5.11 Å². The first-order valence-corrected chi connectivity index (χ1v) is 5.36. The SMILES string of the molecule is OCc1ccc(F)c2scc(Br)c12. The van der Waals surface area contributed by atoms with Crippen molar-refractivity contribution in [2.45, 2.75) is 6.61 Å². The second kappa shape index (κ2) is 3.36. The quantitative estimate of drug-likeness (QED) is 0.835. The molecular weight excluding hydrogens is 255 g/mol. The Balaban J connectivity index is 2.88. The van der Waals surface area contributed by atoms with Crippen molar-refractivity contribution in [3.05, 3.63) is 33.4 Å². The van der Waals surface area contributed by atoms with Gasteiger partial charge in [0.05, 0.1) is 11.3 Å². The van der Waals surface area contributed by atoms with Crippen LogP contribution in [0.1, 0.15) is 5.56 Å². The molecule has 0 aliphatic rings. The molecule has 0 aliphatic carbocycles. The number of aliphatic hydroxyl groups is 1. The molecule has 4 heteroatoms. The Hall–Kier alpha value is -0.450. The Morgan fingerprint density at radius 1 is 1.46 bits per heavy atom. The van der Waals surface area contributed by atoms with Gasteiger partial charge in [-0.3, -0.25) is 0 Å². The lowest BCUT2D eigenvalue weighted by Crippen LogP contribution is -1.85. The third-order valence-electron chi connectivity index (χ3n) is 1.89. The van der Waals surface area contributed by atoms with Gasteiger partial charge in [-0.2, -0.15) is 0 Å². The zero-order valence-corrected chi connectivity index (χ0v) is 8.95. The maximum atomic E-state index is 13.2. The number of rotatable bonds is 1. The first kappa shape index (κ1) is 9.12. The molecule has 1 nitrogen and oxygen atoms in total. The molecule has 0 saturated heterocycles. The van der Waals surface area contributed by atoms with E-state index in [9.17, 15) is 4.39 Å². The minimum Gasteiger partial charge on any atom is -0.392 e. The van der Waals surface area contributed by atoms with Crippen LogP contribution in [0.4, 0.5) is 4.39 Å². The van der Waals surface area contributed by atoms with Gasteiger partial charge in [-0.25, -0.2) is 4.39 Å². The second-order valence-electron chi connectivity index (χ2n) is 2.65. The molecule has 68 valence electrons. The molecule has 1 aromatic heterocycles. The number of aliphatic hydroxyl groups excluding tert-OH is 1. The first-order chi connectivity index (χ1) is 6.24.